The molecule has 1 heterocycles. The van der Waals surface area contributed by atoms with Crippen LogP contribution in [0.15, 0.2) is 42.5 Å². The molecule has 2 N–H and O–H groups in total. The standard InChI is InChI=1S/C18H20FNO2/c19-14-5-8-18-16(12-14)17(2-1-11-22-18)20-15-6-3-13(4-7-15)9-10-21/h3-8,12,17,20-21H,1-2,9-11H2. The first-order chi connectivity index (χ1) is 10.8. The Balaban J connectivity index is 1.81. The molecule has 3 rings (SSSR count). The van der Waals surface area contributed by atoms with Gasteiger partial charge in [0, 0.05) is 17.9 Å². The van der Waals surface area contributed by atoms with Crippen molar-refractivity contribution >= 4 is 5.69 Å². The average molecular weight is 301 g/mol. The van der Waals surface area contributed by atoms with Gasteiger partial charge >= 0.3 is 0 Å². The summed E-state index contributed by atoms with van der Waals surface area (Å²) in [5, 5.41) is 12.4. The molecule has 0 fully saturated rings. The quantitative estimate of drug-likeness (QED) is 0.905. The minimum absolute atomic E-state index is 0.0388. The van der Waals surface area contributed by atoms with Crippen molar-refractivity contribution in [1.82, 2.24) is 0 Å². The molecule has 0 amide bonds. The molecule has 1 atom stereocenters. The minimum atomic E-state index is -0.241. The van der Waals surface area contributed by atoms with Crippen molar-refractivity contribution in [3.05, 3.63) is 59.4 Å². The van der Waals surface area contributed by atoms with E-state index in [4.69, 9.17) is 9.84 Å². The molecule has 0 aliphatic carbocycles. The number of hydrogen-bond acceptors (Lipinski definition) is 3. The van der Waals surface area contributed by atoms with Crippen LogP contribution in [-0.2, 0) is 6.42 Å². The fraction of sp³-hybridized carbons (Fsp3) is 0.333. The fourth-order valence-corrected chi connectivity index (χ4v) is 2.80. The number of hydrogen-bond donors (Lipinski definition) is 2. The molecule has 3 nitrogen and oxygen atoms in total. The van der Waals surface area contributed by atoms with Crippen LogP contribution >= 0.6 is 0 Å². The van der Waals surface area contributed by atoms with Crippen LogP contribution in [0.1, 0.15) is 30.0 Å². The Hall–Kier alpha value is -2.07. The highest BCUT2D eigenvalue weighted by Gasteiger charge is 2.20. The second-order valence-corrected chi connectivity index (χ2v) is 5.54. The SMILES string of the molecule is OCCc1ccc(NC2CCCOc3ccc(F)cc32)cc1. The predicted octanol–water partition coefficient (Wildman–Crippen LogP) is 3.69. The summed E-state index contributed by atoms with van der Waals surface area (Å²) in [5.41, 5.74) is 2.96. The van der Waals surface area contributed by atoms with Gasteiger partial charge in [0.15, 0.2) is 0 Å². The van der Waals surface area contributed by atoms with E-state index in [-0.39, 0.29) is 18.5 Å². The summed E-state index contributed by atoms with van der Waals surface area (Å²) in [6.07, 6.45) is 2.48. The summed E-state index contributed by atoms with van der Waals surface area (Å²) < 4.78 is 19.3. The third-order valence-corrected chi connectivity index (χ3v) is 3.94. The lowest BCUT2D eigenvalue weighted by molar-refractivity contribution is 0.299. The Morgan fingerprint density at radius 2 is 2.00 bits per heavy atom. The van der Waals surface area contributed by atoms with Crippen molar-refractivity contribution in [3.63, 3.8) is 0 Å². The average Bonchev–Trinajstić information content (AvgIpc) is 2.72. The largest absolute Gasteiger partial charge is 0.493 e. The molecule has 0 spiro atoms. The molecular weight excluding hydrogens is 281 g/mol. The van der Waals surface area contributed by atoms with E-state index in [1.807, 2.05) is 24.3 Å². The summed E-state index contributed by atoms with van der Waals surface area (Å²) in [6, 6.07) is 12.7. The molecule has 4 heteroatoms. The number of nitrogens with one attached hydrogen (secondary N) is 1. The first-order valence-electron chi connectivity index (χ1n) is 7.65. The van der Waals surface area contributed by atoms with E-state index in [9.17, 15) is 4.39 Å². The van der Waals surface area contributed by atoms with Crippen molar-refractivity contribution in [2.45, 2.75) is 25.3 Å². The number of rotatable bonds is 4. The number of aliphatic hydroxyl groups is 1. The zero-order chi connectivity index (χ0) is 15.4. The normalized spacial score (nSPS) is 17.3. The first-order valence-corrected chi connectivity index (χ1v) is 7.65. The van der Waals surface area contributed by atoms with Crippen molar-refractivity contribution in [2.24, 2.45) is 0 Å². The Bertz CT molecular complexity index is 627. The van der Waals surface area contributed by atoms with Gasteiger partial charge in [0.25, 0.3) is 0 Å². The van der Waals surface area contributed by atoms with Gasteiger partial charge < -0.3 is 15.2 Å². The highest BCUT2D eigenvalue weighted by atomic mass is 19.1. The second kappa shape index (κ2) is 6.79. The van der Waals surface area contributed by atoms with Gasteiger partial charge in [-0.1, -0.05) is 12.1 Å². The molecule has 1 aliphatic heterocycles. The second-order valence-electron chi connectivity index (χ2n) is 5.54. The van der Waals surface area contributed by atoms with Gasteiger partial charge in [0.2, 0.25) is 0 Å². The number of benzene rings is 2. The van der Waals surface area contributed by atoms with E-state index in [2.05, 4.69) is 5.32 Å². The number of anilines is 1. The maximum atomic E-state index is 13.6. The zero-order valence-electron chi connectivity index (χ0n) is 12.4. The van der Waals surface area contributed by atoms with E-state index in [1.54, 1.807) is 12.1 Å². The molecule has 116 valence electrons. The molecule has 2 aromatic rings. The number of aliphatic hydroxyl groups excluding tert-OH is 1. The summed E-state index contributed by atoms with van der Waals surface area (Å²) >= 11 is 0. The van der Waals surface area contributed by atoms with Gasteiger partial charge in [-0.3, -0.25) is 0 Å². The minimum Gasteiger partial charge on any atom is -0.493 e. The molecule has 0 saturated carbocycles. The lowest BCUT2D eigenvalue weighted by Crippen LogP contribution is -2.10. The van der Waals surface area contributed by atoms with Crippen LogP contribution < -0.4 is 10.1 Å². The molecular formula is C18H20FNO2. The van der Waals surface area contributed by atoms with Crippen LogP contribution in [0, 0.1) is 5.82 Å². The van der Waals surface area contributed by atoms with Gasteiger partial charge in [-0.05, 0) is 55.2 Å². The zero-order valence-corrected chi connectivity index (χ0v) is 12.4. The van der Waals surface area contributed by atoms with Crippen molar-refractivity contribution < 1.29 is 14.2 Å². The van der Waals surface area contributed by atoms with E-state index < -0.39 is 0 Å². The number of ether oxygens (including phenoxy) is 1. The third-order valence-electron chi connectivity index (χ3n) is 3.94. The van der Waals surface area contributed by atoms with Crippen LogP contribution in [0.5, 0.6) is 5.75 Å². The lowest BCUT2D eigenvalue weighted by Gasteiger charge is -2.20. The van der Waals surface area contributed by atoms with Gasteiger partial charge in [-0.2, -0.15) is 0 Å². The van der Waals surface area contributed by atoms with Crippen LogP contribution in [-0.4, -0.2) is 18.3 Å². The third kappa shape index (κ3) is 3.39. The molecule has 2 aromatic carbocycles. The molecule has 0 aromatic heterocycles. The summed E-state index contributed by atoms with van der Waals surface area (Å²) in [5.74, 6) is 0.516. The Morgan fingerprint density at radius 3 is 2.77 bits per heavy atom. The van der Waals surface area contributed by atoms with Crippen LogP contribution in [0.2, 0.25) is 0 Å². The summed E-state index contributed by atoms with van der Waals surface area (Å²) in [7, 11) is 0. The van der Waals surface area contributed by atoms with E-state index in [1.165, 1.54) is 6.07 Å². The molecule has 0 radical (unpaired) electrons. The smallest absolute Gasteiger partial charge is 0.124 e. The van der Waals surface area contributed by atoms with E-state index in [0.717, 1.165) is 35.4 Å². The van der Waals surface area contributed by atoms with Gasteiger partial charge in [-0.15, -0.1) is 0 Å². The summed E-state index contributed by atoms with van der Waals surface area (Å²) in [6.45, 7) is 0.811. The number of halogens is 1. The topological polar surface area (TPSA) is 41.5 Å². The fourth-order valence-electron chi connectivity index (χ4n) is 2.80. The van der Waals surface area contributed by atoms with Gasteiger partial charge in [0.05, 0.1) is 12.6 Å². The monoisotopic (exact) mass is 301 g/mol. The number of fused-ring (bicyclic) bond motifs is 1. The van der Waals surface area contributed by atoms with Crippen molar-refractivity contribution in [1.29, 1.82) is 0 Å². The molecule has 1 unspecified atom stereocenters. The van der Waals surface area contributed by atoms with Crippen LogP contribution in [0.3, 0.4) is 0 Å². The van der Waals surface area contributed by atoms with Gasteiger partial charge in [-0.25, -0.2) is 4.39 Å². The van der Waals surface area contributed by atoms with Crippen LogP contribution in [0.25, 0.3) is 0 Å². The van der Waals surface area contributed by atoms with E-state index >= 15 is 0 Å². The van der Waals surface area contributed by atoms with Gasteiger partial charge in [0.1, 0.15) is 11.6 Å². The molecule has 22 heavy (non-hydrogen) atoms. The van der Waals surface area contributed by atoms with E-state index in [0.29, 0.717) is 13.0 Å². The molecule has 1 aliphatic rings. The maximum Gasteiger partial charge on any atom is 0.124 e. The molecule has 0 saturated heterocycles. The summed E-state index contributed by atoms with van der Waals surface area (Å²) in [4.78, 5) is 0. The Kier molecular flexibility index (Phi) is 4.59. The Labute approximate surface area is 129 Å². The predicted molar refractivity (Wildman–Crippen MR) is 84.7 cm³/mol. The maximum absolute atomic E-state index is 13.6. The van der Waals surface area contributed by atoms with Crippen molar-refractivity contribution in [2.75, 3.05) is 18.5 Å². The highest BCUT2D eigenvalue weighted by Crippen LogP contribution is 2.34. The van der Waals surface area contributed by atoms with Crippen molar-refractivity contribution in [3.8, 4) is 5.75 Å². The molecule has 0 bridgehead atoms. The highest BCUT2D eigenvalue weighted by molar-refractivity contribution is 5.49. The van der Waals surface area contributed by atoms with Crippen LogP contribution in [0.4, 0.5) is 10.1 Å². The Morgan fingerprint density at radius 1 is 1.18 bits per heavy atom. The first kappa shape index (κ1) is 14.9. The lowest BCUT2D eigenvalue weighted by atomic mass is 10.0.